The summed E-state index contributed by atoms with van der Waals surface area (Å²) >= 11 is 0. The molecule has 8 nitrogen and oxygen atoms in total. The largest absolute Gasteiger partial charge is 0.398 e. The molecule has 0 atom stereocenters. The van der Waals surface area contributed by atoms with Crippen LogP contribution >= 0.6 is 0 Å². The first-order valence-electron chi connectivity index (χ1n) is 11.3. The quantitative estimate of drug-likeness (QED) is 0.285. The van der Waals surface area contributed by atoms with Gasteiger partial charge in [-0.25, -0.2) is 9.98 Å². The highest BCUT2D eigenvalue weighted by Gasteiger charge is 2.12. The predicted molar refractivity (Wildman–Crippen MR) is 141 cm³/mol. The molecular formula is C26H32N8. The lowest BCUT2D eigenvalue weighted by Crippen LogP contribution is -2.12. The number of rotatable bonds is 9. The van der Waals surface area contributed by atoms with Crippen LogP contribution in [0.25, 0.3) is 16.6 Å². The van der Waals surface area contributed by atoms with Gasteiger partial charge in [-0.2, -0.15) is 0 Å². The van der Waals surface area contributed by atoms with E-state index in [1.807, 2.05) is 49.9 Å². The van der Waals surface area contributed by atoms with Crippen LogP contribution in [-0.2, 0) is 0 Å². The summed E-state index contributed by atoms with van der Waals surface area (Å²) in [6, 6.07) is 5.58. The molecule has 176 valence electrons. The molecule has 1 aliphatic rings. The maximum absolute atomic E-state index is 7.72. The Balaban J connectivity index is 2.00. The Morgan fingerprint density at radius 3 is 2.56 bits per heavy atom. The highest BCUT2D eigenvalue weighted by molar-refractivity contribution is 5.98. The zero-order valence-electron chi connectivity index (χ0n) is 19.8. The summed E-state index contributed by atoms with van der Waals surface area (Å²) in [5.74, 6) is 1.07. The summed E-state index contributed by atoms with van der Waals surface area (Å²) in [6.45, 7) is 4.21. The van der Waals surface area contributed by atoms with Crippen molar-refractivity contribution in [2.24, 2.45) is 22.4 Å². The Kier molecular flexibility index (Phi) is 8.34. The first-order chi connectivity index (χ1) is 16.5. The standard InChI is InChI=1S/C26H32N8/c1-4-17(5-2)19(14-27)13-24(28)34-25-7-6-22-23(33-25)12-20(15-32-22)21(16-30-3)26(29)18-8-10-31-11-9-18/h6-17,27,30-31H,4-5,29H2,1-3H3,(H2,28,33,34)/b19-13?,21-16-,27-14?. The van der Waals surface area contributed by atoms with Crippen molar-refractivity contribution >= 4 is 34.5 Å². The third-order valence-electron chi connectivity index (χ3n) is 5.62. The maximum Gasteiger partial charge on any atom is 0.155 e. The van der Waals surface area contributed by atoms with Gasteiger partial charge in [0.15, 0.2) is 5.82 Å². The molecule has 2 aromatic heterocycles. The molecular weight excluding hydrogens is 424 g/mol. The Morgan fingerprint density at radius 1 is 1.18 bits per heavy atom. The lowest BCUT2D eigenvalue weighted by atomic mass is 9.94. The Labute approximate surface area is 200 Å². The van der Waals surface area contributed by atoms with Crippen LogP contribution in [0.2, 0.25) is 0 Å². The second-order valence-corrected chi connectivity index (χ2v) is 7.82. The average Bonchev–Trinajstić information content (AvgIpc) is 2.87. The van der Waals surface area contributed by atoms with Crippen molar-refractivity contribution in [2.45, 2.75) is 26.7 Å². The molecule has 0 saturated carbocycles. The fourth-order valence-electron chi connectivity index (χ4n) is 3.76. The molecule has 8 heteroatoms. The van der Waals surface area contributed by atoms with Gasteiger partial charge in [0.05, 0.1) is 11.0 Å². The molecule has 7 N–H and O–H groups in total. The minimum absolute atomic E-state index is 0.282. The molecule has 1 aliphatic heterocycles. The van der Waals surface area contributed by atoms with E-state index >= 15 is 0 Å². The van der Waals surface area contributed by atoms with Gasteiger partial charge in [0.25, 0.3) is 0 Å². The SMILES string of the molecule is CCC(CC)C(C=N)=CC(N)=Nc1ccc2ncc(/C(=C/NC)C(N)=C3C=CNC=C3)cc2n1. The summed E-state index contributed by atoms with van der Waals surface area (Å²) < 4.78 is 0. The van der Waals surface area contributed by atoms with Crippen molar-refractivity contribution < 1.29 is 0 Å². The lowest BCUT2D eigenvalue weighted by Gasteiger charge is -2.13. The van der Waals surface area contributed by atoms with Crippen LogP contribution in [0, 0.1) is 11.3 Å². The number of fused-ring (bicyclic) bond motifs is 1. The number of nitrogens with zero attached hydrogens (tertiary/aromatic N) is 3. The highest BCUT2D eigenvalue weighted by atomic mass is 15.0. The Hall–Kier alpha value is -4.20. The van der Waals surface area contributed by atoms with E-state index in [2.05, 4.69) is 39.4 Å². The molecule has 34 heavy (non-hydrogen) atoms. The van der Waals surface area contributed by atoms with Crippen molar-refractivity contribution in [2.75, 3.05) is 7.05 Å². The minimum atomic E-state index is 0.282. The smallest absolute Gasteiger partial charge is 0.155 e. The summed E-state index contributed by atoms with van der Waals surface area (Å²) in [7, 11) is 1.83. The van der Waals surface area contributed by atoms with Crippen LogP contribution in [0.4, 0.5) is 5.82 Å². The third-order valence-corrected chi connectivity index (χ3v) is 5.62. The van der Waals surface area contributed by atoms with Crippen LogP contribution in [0.5, 0.6) is 0 Å². The average molecular weight is 457 g/mol. The van der Waals surface area contributed by atoms with Gasteiger partial charge in [0.1, 0.15) is 5.84 Å². The fraction of sp³-hybridized carbons (Fsp3) is 0.231. The first kappa shape index (κ1) is 24.4. The summed E-state index contributed by atoms with van der Waals surface area (Å²) in [6.07, 6.45) is 16.1. The number of amidine groups is 1. The zero-order chi connectivity index (χ0) is 24.5. The van der Waals surface area contributed by atoms with Crippen molar-refractivity contribution in [3.63, 3.8) is 0 Å². The van der Waals surface area contributed by atoms with Gasteiger partial charge in [0, 0.05) is 60.5 Å². The number of dihydropyridines is 1. The van der Waals surface area contributed by atoms with Gasteiger partial charge < -0.3 is 27.5 Å². The van der Waals surface area contributed by atoms with Crippen molar-refractivity contribution in [1.29, 1.82) is 5.41 Å². The van der Waals surface area contributed by atoms with E-state index in [0.29, 0.717) is 22.9 Å². The second kappa shape index (κ2) is 11.6. The first-order valence-corrected chi connectivity index (χ1v) is 11.3. The molecule has 0 radical (unpaired) electrons. The van der Waals surface area contributed by atoms with Crippen LogP contribution in [0.3, 0.4) is 0 Å². The van der Waals surface area contributed by atoms with Gasteiger partial charge in [-0.05, 0) is 60.8 Å². The zero-order valence-corrected chi connectivity index (χ0v) is 19.8. The number of nitrogens with one attached hydrogen (secondary N) is 3. The number of hydrogen-bond donors (Lipinski definition) is 5. The number of aliphatic imine (C=N–C) groups is 1. The monoisotopic (exact) mass is 456 g/mol. The lowest BCUT2D eigenvalue weighted by molar-refractivity contribution is 0.592. The van der Waals surface area contributed by atoms with Crippen LogP contribution in [-0.4, -0.2) is 29.1 Å². The molecule has 0 saturated heterocycles. The number of pyridine rings is 2. The molecule has 2 aromatic rings. The normalized spacial score (nSPS) is 14.5. The van der Waals surface area contributed by atoms with Gasteiger partial charge >= 0.3 is 0 Å². The van der Waals surface area contributed by atoms with E-state index in [9.17, 15) is 0 Å². The molecule has 0 unspecified atom stereocenters. The summed E-state index contributed by atoms with van der Waals surface area (Å²) in [5, 5.41) is 13.8. The summed E-state index contributed by atoms with van der Waals surface area (Å²) in [5.41, 5.74) is 18.1. The fourth-order valence-corrected chi connectivity index (χ4v) is 3.76. The molecule has 0 fully saturated rings. The molecule has 3 heterocycles. The molecule has 0 bridgehead atoms. The number of allylic oxidation sites excluding steroid dienone is 5. The molecule has 3 rings (SSSR count). The van der Waals surface area contributed by atoms with E-state index < -0.39 is 0 Å². The van der Waals surface area contributed by atoms with Crippen LogP contribution < -0.4 is 22.1 Å². The minimum Gasteiger partial charge on any atom is -0.398 e. The maximum atomic E-state index is 7.72. The molecule has 0 amide bonds. The Morgan fingerprint density at radius 2 is 1.91 bits per heavy atom. The number of hydrogen-bond acceptors (Lipinski definition) is 7. The molecule has 0 spiro atoms. The molecule has 0 aromatic carbocycles. The van der Waals surface area contributed by atoms with Crippen molar-refractivity contribution in [1.82, 2.24) is 20.6 Å². The van der Waals surface area contributed by atoms with Gasteiger partial charge in [-0.1, -0.05) is 13.8 Å². The van der Waals surface area contributed by atoms with E-state index in [4.69, 9.17) is 16.9 Å². The second-order valence-electron chi connectivity index (χ2n) is 7.82. The number of aromatic nitrogens is 2. The molecule has 0 aliphatic carbocycles. The van der Waals surface area contributed by atoms with Crippen molar-refractivity contribution in [3.8, 4) is 0 Å². The van der Waals surface area contributed by atoms with Crippen LogP contribution in [0.15, 0.2) is 83.1 Å². The predicted octanol–water partition coefficient (Wildman–Crippen LogP) is 4.03. The topological polar surface area (TPSA) is 138 Å². The van der Waals surface area contributed by atoms with E-state index in [1.165, 1.54) is 6.21 Å². The van der Waals surface area contributed by atoms with Gasteiger partial charge in [-0.15, -0.1) is 0 Å². The van der Waals surface area contributed by atoms with Crippen LogP contribution in [0.1, 0.15) is 32.3 Å². The van der Waals surface area contributed by atoms with E-state index in [1.54, 1.807) is 18.3 Å². The third kappa shape index (κ3) is 5.78. The van der Waals surface area contributed by atoms with Crippen molar-refractivity contribution in [3.05, 3.63) is 83.6 Å². The highest BCUT2D eigenvalue weighted by Crippen LogP contribution is 2.26. The number of nitrogens with two attached hydrogens (primary N) is 2. The van der Waals surface area contributed by atoms with E-state index in [-0.39, 0.29) is 5.92 Å². The summed E-state index contributed by atoms with van der Waals surface area (Å²) in [4.78, 5) is 13.7. The van der Waals surface area contributed by atoms with Gasteiger partial charge in [0.2, 0.25) is 0 Å². The van der Waals surface area contributed by atoms with E-state index in [0.717, 1.165) is 40.6 Å². The Bertz CT molecular complexity index is 1210. The van der Waals surface area contributed by atoms with Gasteiger partial charge in [-0.3, -0.25) is 4.98 Å².